The third kappa shape index (κ3) is 4.09. The Morgan fingerprint density at radius 1 is 0.640 bits per heavy atom. The number of allylic oxidation sites excluding steroid dienone is 2. The molecule has 2 bridgehead atoms. The molecule has 2 fully saturated rings. The maximum absolute atomic E-state index is 16.0. The zero-order valence-electron chi connectivity index (χ0n) is 27.6. The fourth-order valence-corrected chi connectivity index (χ4v) is 8.93. The number of amides is 2. The third-order valence-electron chi connectivity index (χ3n) is 10.7. The van der Waals surface area contributed by atoms with Crippen molar-refractivity contribution in [1.29, 1.82) is 0 Å². The lowest BCUT2D eigenvalue weighted by molar-refractivity contribution is -0.130. The highest BCUT2D eigenvalue weighted by molar-refractivity contribution is 6.39. The molecule has 5 aromatic rings. The molecule has 50 heavy (non-hydrogen) atoms. The summed E-state index contributed by atoms with van der Waals surface area (Å²) in [5.74, 6) is -4.10. The van der Waals surface area contributed by atoms with Crippen LogP contribution in [0.15, 0.2) is 127 Å². The van der Waals surface area contributed by atoms with Gasteiger partial charge >= 0.3 is 5.97 Å². The fourth-order valence-electron chi connectivity index (χ4n) is 8.74. The number of ether oxygens (including phenoxy) is 1. The summed E-state index contributed by atoms with van der Waals surface area (Å²) in [6.07, 6.45) is 0. The maximum atomic E-state index is 16.0. The van der Waals surface area contributed by atoms with E-state index < -0.39 is 40.4 Å². The quantitative estimate of drug-likeness (QED) is 0.135. The van der Waals surface area contributed by atoms with E-state index in [1.165, 1.54) is 19.2 Å². The molecule has 1 aliphatic heterocycles. The number of esters is 1. The number of halogens is 1. The number of methoxy groups -OCH3 is 1. The maximum Gasteiger partial charge on any atom is 0.339 e. The molecule has 6 nitrogen and oxygen atoms in total. The number of imide groups is 1. The number of hydrogen-bond acceptors (Lipinski definition) is 5. The second-order valence-corrected chi connectivity index (χ2v) is 13.7. The standard InChI is InChI=1S/C43H32ClNO5/c1-25-14-18-27(19-15-25)34-35(28-20-16-26(2)17-21-28)43(30-12-8-5-9-13-30)37-36(42(34,41(43)49)29-10-6-4-7-11-29)38(46)45(39(37)47)31-22-23-33(44)32(24-31)40(48)50-3/h4-24,36-37H,1-3H3/t36-,37-,42+,43+/m1/s1. The average molecular weight is 678 g/mol. The second kappa shape index (κ2) is 11.5. The topological polar surface area (TPSA) is 80.8 Å². The number of carbonyl (C=O) groups excluding carboxylic acids is 4. The van der Waals surface area contributed by atoms with Gasteiger partial charge in [-0.15, -0.1) is 0 Å². The smallest absolute Gasteiger partial charge is 0.339 e. The van der Waals surface area contributed by atoms with E-state index in [0.717, 1.165) is 38.3 Å². The molecule has 7 heteroatoms. The van der Waals surface area contributed by atoms with E-state index in [1.807, 2.05) is 123 Å². The predicted molar refractivity (Wildman–Crippen MR) is 193 cm³/mol. The second-order valence-electron chi connectivity index (χ2n) is 13.3. The van der Waals surface area contributed by atoms with E-state index in [9.17, 15) is 4.79 Å². The van der Waals surface area contributed by atoms with Crippen LogP contribution in [0.2, 0.25) is 5.02 Å². The number of hydrogen-bond donors (Lipinski definition) is 0. The molecular weight excluding hydrogens is 646 g/mol. The molecule has 1 heterocycles. The zero-order chi connectivity index (χ0) is 34.9. The number of nitrogens with zero attached hydrogens (tertiary/aromatic N) is 1. The number of rotatable bonds is 6. The van der Waals surface area contributed by atoms with E-state index in [0.29, 0.717) is 11.1 Å². The van der Waals surface area contributed by atoms with Crippen LogP contribution in [0.3, 0.4) is 0 Å². The van der Waals surface area contributed by atoms with Crippen molar-refractivity contribution in [2.45, 2.75) is 24.7 Å². The number of Topliss-reactive ketones (excluding diaryl/α,β-unsaturated/α-hetero) is 1. The Labute approximate surface area is 295 Å². The predicted octanol–water partition coefficient (Wildman–Crippen LogP) is 7.93. The summed E-state index contributed by atoms with van der Waals surface area (Å²) in [6.45, 7) is 4.01. The van der Waals surface area contributed by atoms with Crippen LogP contribution in [0, 0.1) is 25.7 Å². The van der Waals surface area contributed by atoms with E-state index in [4.69, 9.17) is 16.3 Å². The van der Waals surface area contributed by atoms with Crippen LogP contribution in [-0.2, 0) is 30.0 Å². The normalized spacial score (nSPS) is 23.8. The van der Waals surface area contributed by atoms with Crippen molar-refractivity contribution in [3.63, 3.8) is 0 Å². The fraction of sp³-hybridized carbons (Fsp3) is 0.163. The highest BCUT2D eigenvalue weighted by Gasteiger charge is 2.82. The van der Waals surface area contributed by atoms with Crippen LogP contribution in [0.25, 0.3) is 11.1 Å². The molecule has 246 valence electrons. The van der Waals surface area contributed by atoms with Crippen molar-refractivity contribution in [1.82, 2.24) is 0 Å². The first kappa shape index (κ1) is 31.7. The first-order valence-corrected chi connectivity index (χ1v) is 16.9. The minimum absolute atomic E-state index is 0.0257. The van der Waals surface area contributed by atoms with Gasteiger partial charge < -0.3 is 4.74 Å². The molecule has 1 saturated heterocycles. The molecule has 1 saturated carbocycles. The summed E-state index contributed by atoms with van der Waals surface area (Å²) in [4.78, 5) is 60.3. The Morgan fingerprint density at radius 2 is 1.08 bits per heavy atom. The lowest BCUT2D eigenvalue weighted by atomic mass is 9.59. The molecule has 4 atom stereocenters. The van der Waals surface area contributed by atoms with Crippen LogP contribution in [0.4, 0.5) is 5.69 Å². The Hall–Kier alpha value is -5.59. The van der Waals surface area contributed by atoms with E-state index >= 15 is 14.4 Å². The monoisotopic (exact) mass is 677 g/mol. The molecular formula is C43H32ClNO5. The van der Waals surface area contributed by atoms with Gasteiger partial charge in [0.1, 0.15) is 0 Å². The Kier molecular flexibility index (Phi) is 7.28. The number of anilines is 1. The molecule has 0 N–H and O–H groups in total. The van der Waals surface area contributed by atoms with Gasteiger partial charge in [-0.3, -0.25) is 14.4 Å². The summed E-state index contributed by atoms with van der Waals surface area (Å²) >= 11 is 6.38. The van der Waals surface area contributed by atoms with Gasteiger partial charge in [0.05, 0.1) is 46.0 Å². The van der Waals surface area contributed by atoms with Gasteiger partial charge in [0.25, 0.3) is 0 Å². The van der Waals surface area contributed by atoms with Gasteiger partial charge in [-0.25, -0.2) is 9.69 Å². The number of aryl methyl sites for hydroxylation is 2. The molecule has 2 amide bonds. The van der Waals surface area contributed by atoms with Crippen molar-refractivity contribution in [3.05, 3.63) is 171 Å². The lowest BCUT2D eigenvalue weighted by Crippen LogP contribution is -2.45. The molecule has 8 rings (SSSR count). The Morgan fingerprint density at radius 3 is 1.50 bits per heavy atom. The molecule has 5 aromatic carbocycles. The number of carbonyl (C=O) groups is 4. The lowest BCUT2D eigenvalue weighted by Gasteiger charge is -2.39. The molecule has 3 aliphatic rings. The molecule has 0 unspecified atom stereocenters. The number of ketones is 1. The minimum atomic E-state index is -1.53. The van der Waals surface area contributed by atoms with Crippen LogP contribution < -0.4 is 4.90 Å². The van der Waals surface area contributed by atoms with Crippen molar-refractivity contribution in [3.8, 4) is 0 Å². The van der Waals surface area contributed by atoms with Gasteiger partial charge in [0, 0.05) is 0 Å². The summed E-state index contributed by atoms with van der Waals surface area (Å²) < 4.78 is 4.95. The summed E-state index contributed by atoms with van der Waals surface area (Å²) in [5, 5.41) is 0.127. The Bertz CT molecular complexity index is 2140. The first-order chi connectivity index (χ1) is 24.2. The van der Waals surface area contributed by atoms with Crippen LogP contribution in [0.5, 0.6) is 0 Å². The van der Waals surface area contributed by atoms with Gasteiger partial charge in [0.2, 0.25) is 11.8 Å². The third-order valence-corrected chi connectivity index (χ3v) is 11.1. The zero-order valence-corrected chi connectivity index (χ0v) is 28.4. The molecule has 0 aromatic heterocycles. The largest absolute Gasteiger partial charge is 0.465 e. The van der Waals surface area contributed by atoms with Gasteiger partial charge in [-0.1, -0.05) is 132 Å². The summed E-state index contributed by atoms with van der Waals surface area (Å²) in [6, 6.07) is 39.3. The molecule has 2 aliphatic carbocycles. The molecule has 0 spiro atoms. The van der Waals surface area contributed by atoms with Crippen molar-refractivity contribution < 1.29 is 23.9 Å². The van der Waals surface area contributed by atoms with Crippen LogP contribution in [0.1, 0.15) is 43.7 Å². The van der Waals surface area contributed by atoms with Gasteiger partial charge in [0.15, 0.2) is 5.78 Å². The van der Waals surface area contributed by atoms with Crippen molar-refractivity contribution in [2.24, 2.45) is 11.8 Å². The van der Waals surface area contributed by atoms with E-state index in [2.05, 4.69) is 0 Å². The average Bonchev–Trinajstić information content (AvgIpc) is 3.65. The van der Waals surface area contributed by atoms with E-state index in [-0.39, 0.29) is 22.1 Å². The van der Waals surface area contributed by atoms with E-state index in [1.54, 1.807) is 6.07 Å². The highest BCUT2D eigenvalue weighted by atomic mass is 35.5. The Balaban J connectivity index is 1.52. The SMILES string of the molecule is COC(=O)c1cc(N2C(=O)[C@H]3[C@H](C2=O)[C@@]2(c4ccccc4)C(=O)[C@@]3(c3ccccc3)C(c3ccc(C)cc3)=C2c2ccc(C)cc2)ccc1Cl. The molecule has 0 radical (unpaired) electrons. The van der Waals surface area contributed by atoms with Crippen LogP contribution in [-0.4, -0.2) is 30.7 Å². The van der Waals surface area contributed by atoms with Crippen LogP contribution >= 0.6 is 11.6 Å². The van der Waals surface area contributed by atoms with Crippen molar-refractivity contribution >= 4 is 52.0 Å². The van der Waals surface area contributed by atoms with Crippen molar-refractivity contribution in [2.75, 3.05) is 12.0 Å². The summed E-state index contributed by atoms with van der Waals surface area (Å²) in [5.41, 5.74) is 3.58. The minimum Gasteiger partial charge on any atom is -0.465 e. The highest BCUT2D eigenvalue weighted by Crippen LogP contribution is 2.74. The number of fused-ring (bicyclic) bond motifs is 5. The van der Waals surface area contributed by atoms with Gasteiger partial charge in [-0.2, -0.15) is 0 Å². The first-order valence-electron chi connectivity index (χ1n) is 16.5. The summed E-state index contributed by atoms with van der Waals surface area (Å²) in [7, 11) is 1.24. The van der Waals surface area contributed by atoms with Gasteiger partial charge in [-0.05, 0) is 65.4 Å². The number of benzene rings is 5.